The monoisotopic (exact) mass is 468 g/mol. The molecule has 0 heterocycles. The highest BCUT2D eigenvalue weighted by Gasteiger charge is 2.13. The van der Waals surface area contributed by atoms with Crippen LogP contribution < -0.4 is 0 Å². The van der Waals surface area contributed by atoms with E-state index in [1.54, 1.807) is 6.92 Å². The first kappa shape index (κ1) is 23.4. The summed E-state index contributed by atoms with van der Waals surface area (Å²) in [4.78, 5) is 11.2. The normalized spacial score (nSPS) is 11.6. The molecular formula is C18H34Br2O2Si. The van der Waals surface area contributed by atoms with Gasteiger partial charge in [0.2, 0.25) is 0 Å². The van der Waals surface area contributed by atoms with E-state index in [-0.39, 0.29) is 8.83 Å². The number of carbonyl (C=O) groups is 1. The summed E-state index contributed by atoms with van der Waals surface area (Å²) in [7, 11) is 1.15. The van der Waals surface area contributed by atoms with Crippen molar-refractivity contribution in [2.24, 2.45) is 0 Å². The topological polar surface area (TPSA) is 26.3 Å². The Morgan fingerprint density at radius 1 is 0.913 bits per heavy atom. The molecule has 0 rings (SSSR count). The molecule has 0 aromatic rings. The number of halogens is 2. The molecule has 0 spiro atoms. The van der Waals surface area contributed by atoms with E-state index in [0.717, 1.165) is 23.1 Å². The third-order valence-electron chi connectivity index (χ3n) is 3.84. The van der Waals surface area contributed by atoms with Crippen LogP contribution in [0, 0.1) is 0 Å². The summed E-state index contributed by atoms with van der Waals surface area (Å²) < 4.78 is 5.34. The van der Waals surface area contributed by atoms with Crippen LogP contribution in [0.5, 0.6) is 0 Å². The molecule has 5 heteroatoms. The number of unbranched alkanes of at least 4 members (excludes halogenated alkanes) is 10. The SMILES string of the molecule is C=C(C)C(=O)OCCCCCCCCCCCCCC([SiH3])(Br)Br. The molecular weight excluding hydrogens is 436 g/mol. The van der Waals surface area contributed by atoms with Gasteiger partial charge in [-0.15, -0.1) is 0 Å². The summed E-state index contributed by atoms with van der Waals surface area (Å²) in [5.41, 5.74) is 0.486. The zero-order valence-corrected chi connectivity index (χ0v) is 20.1. The van der Waals surface area contributed by atoms with Gasteiger partial charge in [0.1, 0.15) is 0 Å². The van der Waals surface area contributed by atoms with Gasteiger partial charge < -0.3 is 4.74 Å². The molecule has 0 N–H and O–H groups in total. The maximum absolute atomic E-state index is 11.2. The average Bonchev–Trinajstić information content (AvgIpc) is 2.46. The standard InChI is InChI=1S/C18H34Br2O2Si/c1-16(2)17(21)22-15-13-11-9-7-5-3-4-6-8-10-12-14-18(19,20)23/h1,3-15H2,2,23H3. The second-order valence-corrected chi connectivity index (χ2v) is 15.8. The Balaban J connectivity index is 3.14. The van der Waals surface area contributed by atoms with Crippen LogP contribution in [-0.4, -0.2) is 25.7 Å². The van der Waals surface area contributed by atoms with Crippen molar-refractivity contribution in [3.05, 3.63) is 12.2 Å². The van der Waals surface area contributed by atoms with Gasteiger partial charge in [-0.3, -0.25) is 0 Å². The smallest absolute Gasteiger partial charge is 0.333 e. The maximum atomic E-state index is 11.2. The Kier molecular flexibility index (Phi) is 15.0. The molecule has 0 aliphatic rings. The summed E-state index contributed by atoms with van der Waals surface area (Å²) in [5, 5.41) is 0. The number of alkyl halides is 2. The molecule has 0 aliphatic carbocycles. The molecule has 0 bridgehead atoms. The molecule has 0 fully saturated rings. The minimum Gasteiger partial charge on any atom is -0.462 e. The highest BCUT2D eigenvalue weighted by atomic mass is 79.9. The van der Waals surface area contributed by atoms with Gasteiger partial charge in [0, 0.05) is 15.8 Å². The fourth-order valence-electron chi connectivity index (χ4n) is 2.42. The minimum absolute atomic E-state index is 0.260. The molecule has 0 unspecified atom stereocenters. The fourth-order valence-corrected chi connectivity index (χ4v) is 3.33. The van der Waals surface area contributed by atoms with Crippen molar-refractivity contribution < 1.29 is 9.53 Å². The lowest BCUT2D eigenvalue weighted by Crippen LogP contribution is -2.09. The first-order valence-corrected chi connectivity index (χ1v) is 11.6. The molecule has 0 amide bonds. The number of rotatable bonds is 15. The Hall–Kier alpha value is 0.387. The molecule has 136 valence electrons. The third kappa shape index (κ3) is 18.6. The van der Waals surface area contributed by atoms with E-state index >= 15 is 0 Å². The van der Waals surface area contributed by atoms with Gasteiger partial charge in [0.15, 0.2) is 0 Å². The van der Waals surface area contributed by atoms with Gasteiger partial charge in [0.25, 0.3) is 0 Å². The second-order valence-electron chi connectivity index (χ2n) is 6.63. The van der Waals surface area contributed by atoms with Crippen LogP contribution >= 0.6 is 31.9 Å². The zero-order chi connectivity index (χ0) is 17.6. The molecule has 0 aliphatic heterocycles. The van der Waals surface area contributed by atoms with Gasteiger partial charge in [-0.25, -0.2) is 4.79 Å². The predicted octanol–water partition coefficient (Wildman–Crippen LogP) is 5.60. The molecule has 0 saturated carbocycles. The maximum Gasteiger partial charge on any atom is 0.333 e. The number of hydrogen-bond acceptors (Lipinski definition) is 2. The van der Waals surface area contributed by atoms with Gasteiger partial charge in [-0.05, 0) is 19.8 Å². The fraction of sp³-hybridized carbons (Fsp3) is 0.833. The van der Waals surface area contributed by atoms with Gasteiger partial charge in [-0.1, -0.05) is 103 Å². The van der Waals surface area contributed by atoms with Gasteiger partial charge >= 0.3 is 5.97 Å². The Morgan fingerprint density at radius 2 is 1.30 bits per heavy atom. The number of esters is 1. The average molecular weight is 470 g/mol. The number of hydrogen-bond donors (Lipinski definition) is 0. The van der Waals surface area contributed by atoms with Crippen LogP contribution in [0.2, 0.25) is 0 Å². The van der Waals surface area contributed by atoms with Crippen LogP contribution in [0.3, 0.4) is 0 Å². The van der Waals surface area contributed by atoms with Crippen molar-refractivity contribution in [2.75, 3.05) is 6.61 Å². The van der Waals surface area contributed by atoms with Gasteiger partial charge in [0.05, 0.1) is 9.46 Å². The lowest BCUT2D eigenvalue weighted by molar-refractivity contribution is -0.139. The summed E-state index contributed by atoms with van der Waals surface area (Å²) in [6.07, 6.45) is 15.5. The van der Waals surface area contributed by atoms with Crippen molar-refractivity contribution in [3.8, 4) is 0 Å². The minimum atomic E-state index is -0.260. The van der Waals surface area contributed by atoms with Crippen LogP contribution in [0.4, 0.5) is 0 Å². The van der Waals surface area contributed by atoms with Crippen molar-refractivity contribution in [1.29, 1.82) is 0 Å². The molecule has 0 aromatic carbocycles. The Bertz CT molecular complexity index is 327. The van der Waals surface area contributed by atoms with Crippen molar-refractivity contribution >= 4 is 48.1 Å². The summed E-state index contributed by atoms with van der Waals surface area (Å²) in [5.74, 6) is -0.260. The highest BCUT2D eigenvalue weighted by Crippen LogP contribution is 2.28. The molecule has 2 nitrogen and oxygen atoms in total. The third-order valence-corrected chi connectivity index (χ3v) is 5.13. The van der Waals surface area contributed by atoms with E-state index < -0.39 is 0 Å². The van der Waals surface area contributed by atoms with E-state index in [0.29, 0.717) is 12.2 Å². The molecule has 0 saturated heterocycles. The quantitative estimate of drug-likeness (QED) is 0.103. The predicted molar refractivity (Wildman–Crippen MR) is 112 cm³/mol. The van der Waals surface area contributed by atoms with Crippen LogP contribution in [0.15, 0.2) is 12.2 Å². The van der Waals surface area contributed by atoms with E-state index in [1.807, 2.05) is 0 Å². The van der Waals surface area contributed by atoms with Crippen LogP contribution in [0.25, 0.3) is 0 Å². The summed E-state index contributed by atoms with van der Waals surface area (Å²) >= 11 is 7.35. The first-order valence-electron chi connectivity index (χ1n) is 9.03. The molecule has 0 atom stereocenters. The highest BCUT2D eigenvalue weighted by molar-refractivity contribution is 9.26. The second kappa shape index (κ2) is 14.7. The van der Waals surface area contributed by atoms with Crippen LogP contribution in [0.1, 0.15) is 84.0 Å². The summed E-state index contributed by atoms with van der Waals surface area (Å²) in [6.45, 7) is 5.79. The number of ether oxygens (including phenoxy) is 1. The van der Waals surface area contributed by atoms with Crippen molar-refractivity contribution in [2.45, 2.75) is 86.8 Å². The molecule has 23 heavy (non-hydrogen) atoms. The largest absolute Gasteiger partial charge is 0.462 e. The van der Waals surface area contributed by atoms with Crippen molar-refractivity contribution in [1.82, 2.24) is 0 Å². The summed E-state index contributed by atoms with van der Waals surface area (Å²) in [6, 6.07) is 0. The Morgan fingerprint density at radius 3 is 1.70 bits per heavy atom. The Labute approximate surface area is 162 Å². The van der Waals surface area contributed by atoms with E-state index in [4.69, 9.17) is 4.74 Å². The lowest BCUT2D eigenvalue weighted by Gasteiger charge is -2.13. The molecule has 0 radical (unpaired) electrons. The first-order chi connectivity index (χ1) is 10.8. The van der Waals surface area contributed by atoms with Crippen LogP contribution in [-0.2, 0) is 9.53 Å². The van der Waals surface area contributed by atoms with Gasteiger partial charge in [-0.2, -0.15) is 0 Å². The lowest BCUT2D eigenvalue weighted by atomic mass is 10.1. The number of carbonyl (C=O) groups excluding carboxylic acids is 1. The zero-order valence-electron chi connectivity index (χ0n) is 15.0. The molecule has 0 aromatic heterocycles. The van der Waals surface area contributed by atoms with E-state index in [9.17, 15) is 4.79 Å². The van der Waals surface area contributed by atoms with E-state index in [1.165, 1.54) is 64.2 Å². The van der Waals surface area contributed by atoms with E-state index in [2.05, 4.69) is 38.4 Å². The van der Waals surface area contributed by atoms with Crippen molar-refractivity contribution in [3.63, 3.8) is 0 Å².